The minimum Gasteiger partial charge on any atom is -0.364 e. The topological polar surface area (TPSA) is 114 Å². The normalized spacial score (nSPS) is 11.0. The molecule has 0 aromatic heterocycles. The summed E-state index contributed by atoms with van der Waals surface area (Å²) in [4.78, 5) is 22.1. The van der Waals surface area contributed by atoms with Gasteiger partial charge in [-0.3, -0.25) is 25.7 Å². The number of nitrogens with zero attached hydrogens (tertiary/aromatic N) is 4. The van der Waals surface area contributed by atoms with Crippen LogP contribution in [0.4, 0.5) is 17.1 Å². The standard InChI is InChI=1S/C12H15N5O4S2/c1-8(7-23-12(22)15(2)3)13-14-10-5-4-9(16(18)19)6-11(10)17(20)21/h4-6,14H,7H2,1-3H3. The molecule has 0 fully saturated rings. The smallest absolute Gasteiger partial charge is 0.301 e. The maximum absolute atomic E-state index is 11.0. The second-order valence-electron chi connectivity index (χ2n) is 4.62. The number of benzene rings is 1. The summed E-state index contributed by atoms with van der Waals surface area (Å²) in [6, 6.07) is 3.32. The van der Waals surface area contributed by atoms with Crippen LogP contribution in [0, 0.1) is 20.2 Å². The van der Waals surface area contributed by atoms with Gasteiger partial charge in [-0.15, -0.1) is 0 Å². The molecule has 1 aromatic carbocycles. The number of nitrogens with one attached hydrogen (secondary N) is 1. The van der Waals surface area contributed by atoms with Crippen LogP contribution in [0.25, 0.3) is 0 Å². The van der Waals surface area contributed by atoms with E-state index >= 15 is 0 Å². The molecule has 0 unspecified atom stereocenters. The average Bonchev–Trinajstić information content (AvgIpc) is 2.49. The van der Waals surface area contributed by atoms with Crippen molar-refractivity contribution in [3.63, 3.8) is 0 Å². The van der Waals surface area contributed by atoms with Crippen molar-refractivity contribution in [3.05, 3.63) is 38.4 Å². The Kier molecular flexibility index (Phi) is 6.85. The molecular weight excluding hydrogens is 342 g/mol. The highest BCUT2D eigenvalue weighted by Crippen LogP contribution is 2.28. The molecule has 0 saturated carbocycles. The summed E-state index contributed by atoms with van der Waals surface area (Å²) in [5.41, 5.74) is 2.56. The van der Waals surface area contributed by atoms with Crippen LogP contribution in [0.3, 0.4) is 0 Å². The van der Waals surface area contributed by atoms with Crippen molar-refractivity contribution in [2.24, 2.45) is 5.10 Å². The van der Waals surface area contributed by atoms with Crippen molar-refractivity contribution in [1.82, 2.24) is 4.90 Å². The molecule has 0 spiro atoms. The van der Waals surface area contributed by atoms with E-state index in [0.717, 1.165) is 6.07 Å². The van der Waals surface area contributed by atoms with E-state index in [0.29, 0.717) is 15.8 Å². The molecule has 23 heavy (non-hydrogen) atoms. The molecule has 0 atom stereocenters. The first kappa shape index (κ1) is 18.8. The number of hydrazone groups is 1. The molecule has 9 nitrogen and oxygen atoms in total. The lowest BCUT2D eigenvalue weighted by molar-refractivity contribution is -0.393. The van der Waals surface area contributed by atoms with Gasteiger partial charge in [0.1, 0.15) is 10.0 Å². The number of hydrogen-bond donors (Lipinski definition) is 1. The van der Waals surface area contributed by atoms with Gasteiger partial charge in [0.05, 0.1) is 15.9 Å². The molecule has 0 aliphatic rings. The lowest BCUT2D eigenvalue weighted by Gasteiger charge is -2.12. The predicted octanol–water partition coefficient (Wildman–Crippen LogP) is 2.87. The third kappa shape index (κ3) is 5.79. The number of thiocarbonyl (C=S) groups is 1. The zero-order valence-corrected chi connectivity index (χ0v) is 14.3. The molecule has 0 saturated heterocycles. The Morgan fingerprint density at radius 1 is 1.35 bits per heavy atom. The Hall–Kier alpha value is -2.27. The minimum absolute atomic E-state index is 0.0835. The lowest BCUT2D eigenvalue weighted by atomic mass is 10.2. The van der Waals surface area contributed by atoms with Crippen molar-refractivity contribution in [2.75, 3.05) is 25.3 Å². The molecule has 0 bridgehead atoms. The van der Waals surface area contributed by atoms with E-state index in [2.05, 4.69) is 10.5 Å². The third-order valence-corrected chi connectivity index (χ3v) is 4.42. The summed E-state index contributed by atoms with van der Waals surface area (Å²) in [5, 5.41) is 25.7. The fourth-order valence-electron chi connectivity index (χ4n) is 1.36. The second kappa shape index (κ2) is 8.39. The van der Waals surface area contributed by atoms with Gasteiger partial charge in [-0.25, -0.2) is 0 Å². The van der Waals surface area contributed by atoms with Crippen LogP contribution in [-0.2, 0) is 0 Å². The van der Waals surface area contributed by atoms with Crippen LogP contribution in [0.5, 0.6) is 0 Å². The van der Waals surface area contributed by atoms with Crippen molar-refractivity contribution >= 4 is 51.1 Å². The van der Waals surface area contributed by atoms with Crippen molar-refractivity contribution in [1.29, 1.82) is 0 Å². The van der Waals surface area contributed by atoms with Gasteiger partial charge in [0, 0.05) is 31.6 Å². The number of non-ortho nitro benzene ring substituents is 1. The molecule has 0 radical (unpaired) electrons. The third-order valence-electron chi connectivity index (χ3n) is 2.53. The summed E-state index contributed by atoms with van der Waals surface area (Å²) in [7, 11) is 3.67. The first-order chi connectivity index (χ1) is 10.7. The van der Waals surface area contributed by atoms with Crippen LogP contribution >= 0.6 is 24.0 Å². The highest BCUT2D eigenvalue weighted by Gasteiger charge is 2.19. The van der Waals surface area contributed by atoms with Crippen LogP contribution in [0.1, 0.15) is 6.92 Å². The second-order valence-corrected chi connectivity index (χ2v) is 6.23. The highest BCUT2D eigenvalue weighted by atomic mass is 32.2. The molecule has 124 valence electrons. The molecule has 0 aliphatic heterocycles. The summed E-state index contributed by atoms with van der Waals surface area (Å²) in [6.45, 7) is 1.75. The molecular formula is C12H15N5O4S2. The van der Waals surface area contributed by atoms with Gasteiger partial charge >= 0.3 is 5.69 Å². The maximum atomic E-state index is 11.0. The van der Waals surface area contributed by atoms with E-state index in [1.54, 1.807) is 11.8 Å². The van der Waals surface area contributed by atoms with E-state index in [1.165, 1.54) is 23.9 Å². The van der Waals surface area contributed by atoms with E-state index in [4.69, 9.17) is 12.2 Å². The zero-order valence-electron chi connectivity index (χ0n) is 12.7. The molecule has 1 N–H and O–H groups in total. The Bertz CT molecular complexity index is 663. The van der Waals surface area contributed by atoms with Crippen molar-refractivity contribution < 1.29 is 9.85 Å². The number of nitro benzene ring substituents is 2. The number of nitro groups is 2. The van der Waals surface area contributed by atoms with Crippen molar-refractivity contribution in [2.45, 2.75) is 6.92 Å². The highest BCUT2D eigenvalue weighted by molar-refractivity contribution is 8.23. The first-order valence-electron chi connectivity index (χ1n) is 6.28. The summed E-state index contributed by atoms with van der Waals surface area (Å²) >= 11 is 6.54. The van der Waals surface area contributed by atoms with Gasteiger partial charge in [0.2, 0.25) is 0 Å². The maximum Gasteiger partial charge on any atom is 0.301 e. The van der Waals surface area contributed by atoms with Crippen molar-refractivity contribution in [3.8, 4) is 0 Å². The molecule has 0 heterocycles. The summed E-state index contributed by atoms with van der Waals surface area (Å²) in [5.74, 6) is 0.519. The fourth-order valence-corrected chi connectivity index (χ4v) is 2.19. The number of thioether (sulfide) groups is 1. The Balaban J connectivity index is 2.84. The summed E-state index contributed by atoms with van der Waals surface area (Å²) < 4.78 is 0.695. The monoisotopic (exact) mass is 357 g/mol. The van der Waals surface area contributed by atoms with E-state index in [-0.39, 0.29) is 11.4 Å². The summed E-state index contributed by atoms with van der Waals surface area (Å²) in [6.07, 6.45) is 0. The molecule has 11 heteroatoms. The Morgan fingerprint density at radius 3 is 2.52 bits per heavy atom. The van der Waals surface area contributed by atoms with Gasteiger partial charge in [-0.05, 0) is 13.0 Å². The van der Waals surface area contributed by atoms with Gasteiger partial charge in [-0.1, -0.05) is 24.0 Å². The average molecular weight is 357 g/mol. The van der Waals surface area contributed by atoms with Gasteiger partial charge in [-0.2, -0.15) is 5.10 Å². The molecule has 0 aliphatic carbocycles. The predicted molar refractivity (Wildman–Crippen MR) is 95.2 cm³/mol. The molecule has 1 aromatic rings. The van der Waals surface area contributed by atoms with E-state index in [1.807, 2.05) is 14.1 Å². The molecule has 1 rings (SSSR count). The number of rotatable bonds is 6. The Morgan fingerprint density at radius 2 is 2.00 bits per heavy atom. The number of anilines is 1. The van der Waals surface area contributed by atoms with Gasteiger partial charge < -0.3 is 4.90 Å². The fraction of sp³-hybridized carbons (Fsp3) is 0.333. The minimum atomic E-state index is -0.698. The Labute approximate surface area is 142 Å². The van der Waals surface area contributed by atoms with Crippen LogP contribution in [0.15, 0.2) is 23.3 Å². The van der Waals surface area contributed by atoms with Gasteiger partial charge in [0.15, 0.2) is 0 Å². The first-order valence-corrected chi connectivity index (χ1v) is 7.68. The van der Waals surface area contributed by atoms with Crippen LogP contribution < -0.4 is 5.43 Å². The van der Waals surface area contributed by atoms with Crippen LogP contribution in [0.2, 0.25) is 0 Å². The van der Waals surface area contributed by atoms with Gasteiger partial charge in [0.25, 0.3) is 5.69 Å². The van der Waals surface area contributed by atoms with Crippen LogP contribution in [-0.4, -0.2) is 44.6 Å². The van der Waals surface area contributed by atoms with E-state index < -0.39 is 15.5 Å². The largest absolute Gasteiger partial charge is 0.364 e. The lowest BCUT2D eigenvalue weighted by Crippen LogP contribution is -2.17. The zero-order chi connectivity index (χ0) is 17.6. The number of hydrogen-bond acceptors (Lipinski definition) is 8. The SMILES string of the molecule is CC(CSC(=S)N(C)C)=NNc1ccc([N+](=O)[O-])cc1[N+](=O)[O-]. The van der Waals surface area contributed by atoms with E-state index in [9.17, 15) is 20.2 Å². The molecule has 0 amide bonds. The quantitative estimate of drug-likeness (QED) is 0.358.